The van der Waals surface area contributed by atoms with Crippen LogP contribution in [0.4, 0.5) is 0 Å². The topological polar surface area (TPSA) is 45.4 Å². The van der Waals surface area contributed by atoms with E-state index >= 15 is 0 Å². The molecule has 2 rings (SSSR count). The summed E-state index contributed by atoms with van der Waals surface area (Å²) in [5, 5.41) is 18.5. The van der Waals surface area contributed by atoms with Crippen LogP contribution in [-0.4, -0.2) is 14.8 Å². The number of hydrogen-bond donors (Lipinski definition) is 2. The number of aromatic nitrogens is 1. The number of rotatable bonds is 1. The van der Waals surface area contributed by atoms with Gasteiger partial charge in [-0.3, -0.25) is 4.57 Å². The van der Waals surface area contributed by atoms with Crippen molar-refractivity contribution in [1.82, 2.24) is 4.57 Å². The van der Waals surface area contributed by atoms with Gasteiger partial charge in [-0.25, -0.2) is 0 Å². The molecule has 0 amide bonds. The number of hydrogen-bond acceptors (Lipinski definition) is 2. The zero-order chi connectivity index (χ0) is 8.06. The third kappa shape index (κ3) is 0.818. The van der Waals surface area contributed by atoms with Gasteiger partial charge in [-0.05, 0) is 24.3 Å². The van der Waals surface area contributed by atoms with Crippen LogP contribution in [0.3, 0.4) is 0 Å². The lowest BCUT2D eigenvalue weighted by Crippen LogP contribution is -2.27. The fraction of sp³-hybridized carbons (Fsp3) is 0.250. The second-order valence-electron chi connectivity index (χ2n) is 2.82. The normalized spacial score (nSPS) is 13.0. The van der Waals surface area contributed by atoms with E-state index in [2.05, 4.69) is 0 Å². The van der Waals surface area contributed by atoms with Gasteiger partial charge < -0.3 is 10.2 Å². The molecule has 2 aromatic rings. The Morgan fingerprint density at radius 3 is 1.64 bits per heavy atom. The van der Waals surface area contributed by atoms with Gasteiger partial charge in [0.2, 0.25) is 5.91 Å². The minimum atomic E-state index is -1.78. The maximum absolute atomic E-state index is 9.26. The van der Waals surface area contributed by atoms with Crippen molar-refractivity contribution in [2.45, 2.75) is 12.8 Å². The van der Waals surface area contributed by atoms with Crippen molar-refractivity contribution in [2.24, 2.45) is 0 Å². The summed E-state index contributed by atoms with van der Waals surface area (Å²) in [5.41, 5.74) is 1.65. The van der Waals surface area contributed by atoms with Crippen LogP contribution in [0.1, 0.15) is 6.92 Å². The van der Waals surface area contributed by atoms with Crippen molar-refractivity contribution in [2.75, 3.05) is 0 Å². The van der Waals surface area contributed by atoms with Gasteiger partial charge in [0.15, 0.2) is 0 Å². The van der Waals surface area contributed by atoms with Gasteiger partial charge in [0, 0.05) is 18.0 Å². The molecule has 2 heterocycles. The first-order chi connectivity index (χ1) is 5.09. The SMILES string of the molecule is CC(O)(O)n1c2ccc1cc2. The van der Waals surface area contributed by atoms with Gasteiger partial charge in [0.05, 0.1) is 0 Å². The maximum atomic E-state index is 9.26. The van der Waals surface area contributed by atoms with E-state index in [0.717, 1.165) is 11.0 Å². The first-order valence-corrected chi connectivity index (χ1v) is 3.44. The van der Waals surface area contributed by atoms with Gasteiger partial charge in [-0.15, -0.1) is 0 Å². The highest BCUT2D eigenvalue weighted by Crippen LogP contribution is 2.22. The van der Waals surface area contributed by atoms with E-state index in [4.69, 9.17) is 0 Å². The minimum absolute atomic E-state index is 0.826. The lowest BCUT2D eigenvalue weighted by Gasteiger charge is -2.18. The molecule has 11 heavy (non-hydrogen) atoms. The molecule has 0 saturated carbocycles. The van der Waals surface area contributed by atoms with Crippen LogP contribution in [-0.2, 0) is 5.91 Å². The Bertz CT molecular complexity index is 310. The van der Waals surface area contributed by atoms with Crippen LogP contribution in [0.2, 0.25) is 0 Å². The highest BCUT2D eigenvalue weighted by Gasteiger charge is 2.21. The Kier molecular flexibility index (Phi) is 1.06. The third-order valence-corrected chi connectivity index (χ3v) is 1.79. The average molecular weight is 151 g/mol. The first kappa shape index (κ1) is 6.64. The van der Waals surface area contributed by atoms with E-state index < -0.39 is 5.91 Å². The summed E-state index contributed by atoms with van der Waals surface area (Å²) >= 11 is 0. The van der Waals surface area contributed by atoms with E-state index in [9.17, 15) is 10.2 Å². The van der Waals surface area contributed by atoms with E-state index in [1.54, 1.807) is 0 Å². The van der Waals surface area contributed by atoms with Crippen molar-refractivity contribution in [1.29, 1.82) is 0 Å². The van der Waals surface area contributed by atoms with Crippen molar-refractivity contribution in [3.8, 4) is 0 Å². The van der Waals surface area contributed by atoms with E-state index in [0.29, 0.717) is 0 Å². The summed E-state index contributed by atoms with van der Waals surface area (Å²) < 4.78 is 1.47. The number of fused-ring (bicyclic) bond motifs is 2. The monoisotopic (exact) mass is 151 g/mol. The fourth-order valence-corrected chi connectivity index (χ4v) is 1.39. The Morgan fingerprint density at radius 1 is 1.09 bits per heavy atom. The molecule has 0 aliphatic rings. The van der Waals surface area contributed by atoms with Crippen molar-refractivity contribution in [3.63, 3.8) is 0 Å². The van der Waals surface area contributed by atoms with Crippen LogP contribution < -0.4 is 0 Å². The van der Waals surface area contributed by atoms with Crippen LogP contribution >= 0.6 is 0 Å². The molecule has 2 N–H and O–H groups in total. The van der Waals surface area contributed by atoms with E-state index in [-0.39, 0.29) is 0 Å². The summed E-state index contributed by atoms with van der Waals surface area (Å²) in [6.45, 7) is 1.34. The minimum Gasteiger partial charge on any atom is -0.349 e. The molecule has 0 fully saturated rings. The standard InChI is InChI=1S/C8H9NO2/c1-8(10,11)9-6-2-3-7(9)5-4-6/h2-5,10-11H,1H3. The van der Waals surface area contributed by atoms with Gasteiger partial charge >= 0.3 is 0 Å². The molecule has 0 atom stereocenters. The third-order valence-electron chi connectivity index (χ3n) is 1.79. The second-order valence-corrected chi connectivity index (χ2v) is 2.82. The average Bonchev–Trinajstić information content (AvgIpc) is 2.40. The molecule has 0 aliphatic carbocycles. The molecule has 2 aromatic heterocycles. The molecule has 0 saturated heterocycles. The molecule has 0 aliphatic heterocycles. The van der Waals surface area contributed by atoms with Crippen molar-refractivity contribution < 1.29 is 10.2 Å². The van der Waals surface area contributed by atoms with Gasteiger partial charge in [0.1, 0.15) is 0 Å². The van der Waals surface area contributed by atoms with Gasteiger partial charge in [-0.2, -0.15) is 0 Å². The van der Waals surface area contributed by atoms with Gasteiger partial charge in [-0.1, -0.05) is 0 Å². The molecular formula is C8H9NO2. The molecule has 0 aromatic carbocycles. The lowest BCUT2D eigenvalue weighted by atomic mass is 10.4. The zero-order valence-corrected chi connectivity index (χ0v) is 6.15. The van der Waals surface area contributed by atoms with Crippen molar-refractivity contribution >= 4 is 11.0 Å². The predicted octanol–water partition coefficient (Wildman–Crippen LogP) is 0.694. The molecule has 2 bridgehead atoms. The summed E-state index contributed by atoms with van der Waals surface area (Å²) in [5.74, 6) is -1.78. The number of aliphatic hydroxyl groups is 2. The molecule has 0 unspecified atom stereocenters. The summed E-state index contributed by atoms with van der Waals surface area (Å²) in [7, 11) is 0. The molecular weight excluding hydrogens is 142 g/mol. The Hall–Kier alpha value is -1.06. The molecule has 0 spiro atoms. The molecule has 3 nitrogen and oxygen atoms in total. The van der Waals surface area contributed by atoms with Crippen LogP contribution in [0, 0.1) is 0 Å². The van der Waals surface area contributed by atoms with Crippen LogP contribution in [0.15, 0.2) is 24.3 Å². The summed E-state index contributed by atoms with van der Waals surface area (Å²) in [6, 6.07) is 7.39. The highest BCUT2D eigenvalue weighted by atomic mass is 16.5. The lowest BCUT2D eigenvalue weighted by molar-refractivity contribution is -0.206. The van der Waals surface area contributed by atoms with Crippen LogP contribution in [0.25, 0.3) is 11.0 Å². The summed E-state index contributed by atoms with van der Waals surface area (Å²) in [4.78, 5) is 0. The Labute approximate surface area is 63.8 Å². The molecule has 58 valence electrons. The van der Waals surface area contributed by atoms with E-state index in [1.807, 2.05) is 24.3 Å². The molecule has 0 radical (unpaired) electrons. The number of benzene rings is 1. The Morgan fingerprint density at radius 2 is 1.45 bits per heavy atom. The largest absolute Gasteiger partial charge is 0.349 e. The van der Waals surface area contributed by atoms with E-state index in [1.165, 1.54) is 11.5 Å². The van der Waals surface area contributed by atoms with Crippen LogP contribution in [0.5, 0.6) is 0 Å². The first-order valence-electron chi connectivity index (χ1n) is 3.44. The Balaban J connectivity index is 2.71. The quantitative estimate of drug-likeness (QED) is 0.589. The summed E-state index contributed by atoms with van der Waals surface area (Å²) in [6.07, 6.45) is 0. The predicted molar refractivity (Wildman–Crippen MR) is 41.2 cm³/mol. The maximum Gasteiger partial charge on any atom is 0.248 e. The van der Waals surface area contributed by atoms with Gasteiger partial charge in [0.25, 0.3) is 0 Å². The van der Waals surface area contributed by atoms with Crippen molar-refractivity contribution in [3.05, 3.63) is 24.3 Å². The second kappa shape index (κ2) is 1.75. The smallest absolute Gasteiger partial charge is 0.248 e. The zero-order valence-electron chi connectivity index (χ0n) is 6.15. The number of nitrogens with zero attached hydrogens (tertiary/aromatic N) is 1. The fourth-order valence-electron chi connectivity index (χ4n) is 1.39. The molecule has 3 heteroatoms. The highest BCUT2D eigenvalue weighted by molar-refractivity contribution is 5.67.